The zero-order chi connectivity index (χ0) is 8.39. The van der Waals surface area contributed by atoms with Crippen LogP contribution in [0, 0.1) is 0 Å². The first-order chi connectivity index (χ1) is 5.84. The summed E-state index contributed by atoms with van der Waals surface area (Å²) in [5.41, 5.74) is 0. The van der Waals surface area contributed by atoms with E-state index in [2.05, 4.69) is 20.3 Å². The molecule has 0 bridgehead atoms. The summed E-state index contributed by atoms with van der Waals surface area (Å²) in [5.74, 6) is 0.438. The molecule has 2 amide bonds. The molecule has 1 fully saturated rings. The zero-order valence-corrected chi connectivity index (χ0v) is 6.41. The van der Waals surface area contributed by atoms with E-state index < -0.39 is 0 Å². The van der Waals surface area contributed by atoms with E-state index in [1.54, 1.807) is 6.07 Å². The molecule has 0 unspecified atom stereocenters. The van der Waals surface area contributed by atoms with Crippen molar-refractivity contribution >= 4 is 11.8 Å². The molecule has 0 radical (unpaired) electrons. The van der Waals surface area contributed by atoms with Crippen LogP contribution in [-0.2, 0) is 0 Å². The predicted octanol–water partition coefficient (Wildman–Crippen LogP) is 0.958. The Morgan fingerprint density at radius 1 is 1.67 bits per heavy atom. The second-order valence-electron chi connectivity index (χ2n) is 2.76. The van der Waals surface area contributed by atoms with Gasteiger partial charge in [-0.05, 0) is 12.8 Å². The minimum atomic E-state index is -0.216. The minimum Gasteiger partial charge on any atom is -0.363 e. The van der Waals surface area contributed by atoms with Crippen molar-refractivity contribution in [3.8, 4) is 0 Å². The summed E-state index contributed by atoms with van der Waals surface area (Å²) < 4.78 is 4.54. The van der Waals surface area contributed by atoms with E-state index >= 15 is 0 Å². The Hall–Kier alpha value is -1.52. The van der Waals surface area contributed by atoms with Crippen LogP contribution in [0.15, 0.2) is 16.9 Å². The Morgan fingerprint density at radius 2 is 2.50 bits per heavy atom. The van der Waals surface area contributed by atoms with Gasteiger partial charge in [0.2, 0.25) is 0 Å². The molecule has 2 N–H and O–H groups in total. The lowest BCUT2D eigenvalue weighted by Gasteiger charge is -2.01. The molecule has 0 atom stereocenters. The van der Waals surface area contributed by atoms with Crippen LogP contribution >= 0.6 is 0 Å². The maximum atomic E-state index is 11.1. The molecule has 1 aliphatic carbocycles. The third-order valence-electron chi connectivity index (χ3n) is 1.59. The average Bonchev–Trinajstić information content (AvgIpc) is 2.66. The van der Waals surface area contributed by atoms with Gasteiger partial charge in [-0.2, -0.15) is 0 Å². The lowest BCUT2D eigenvalue weighted by Crippen LogP contribution is -2.30. The molecular formula is C7H9N3O2. The molecule has 5 nitrogen and oxygen atoms in total. The molecule has 12 heavy (non-hydrogen) atoms. The van der Waals surface area contributed by atoms with Crippen LogP contribution < -0.4 is 10.6 Å². The lowest BCUT2D eigenvalue weighted by molar-refractivity contribution is 0.251. The number of carbonyl (C=O) groups excluding carboxylic acids is 1. The molecule has 5 heteroatoms. The molecule has 0 aliphatic heterocycles. The van der Waals surface area contributed by atoms with Crippen molar-refractivity contribution in [3.05, 3.63) is 12.3 Å². The van der Waals surface area contributed by atoms with Crippen molar-refractivity contribution < 1.29 is 9.32 Å². The number of hydrogen-bond acceptors (Lipinski definition) is 3. The molecule has 1 saturated carbocycles. The van der Waals surface area contributed by atoms with Crippen LogP contribution in [0.4, 0.5) is 10.6 Å². The van der Waals surface area contributed by atoms with Gasteiger partial charge >= 0.3 is 6.03 Å². The first-order valence-corrected chi connectivity index (χ1v) is 3.82. The molecule has 0 saturated heterocycles. The first-order valence-electron chi connectivity index (χ1n) is 3.82. The molecule has 1 aromatic heterocycles. The summed E-state index contributed by atoms with van der Waals surface area (Å²) >= 11 is 0. The van der Waals surface area contributed by atoms with Crippen LogP contribution in [0.3, 0.4) is 0 Å². The standard InChI is InChI=1S/C7H9N3O2/c11-7(8-5-1-2-5)9-6-3-4-12-10-6/h3-5H,1-2H2,(H2,8,9,10,11). The first kappa shape index (κ1) is 7.15. The van der Waals surface area contributed by atoms with Gasteiger partial charge in [0.1, 0.15) is 6.26 Å². The van der Waals surface area contributed by atoms with Crippen molar-refractivity contribution in [2.45, 2.75) is 18.9 Å². The fraction of sp³-hybridized carbons (Fsp3) is 0.429. The van der Waals surface area contributed by atoms with E-state index in [1.165, 1.54) is 6.26 Å². The monoisotopic (exact) mass is 167 g/mol. The maximum Gasteiger partial charge on any atom is 0.320 e. The van der Waals surface area contributed by atoms with Gasteiger partial charge in [-0.25, -0.2) is 4.79 Å². The average molecular weight is 167 g/mol. The van der Waals surface area contributed by atoms with Crippen LogP contribution in [0.5, 0.6) is 0 Å². The third kappa shape index (κ3) is 1.75. The number of urea groups is 1. The molecule has 1 heterocycles. The molecule has 0 spiro atoms. The number of anilines is 1. The van der Waals surface area contributed by atoms with Crippen LogP contribution in [0.25, 0.3) is 0 Å². The fourth-order valence-corrected chi connectivity index (χ4v) is 0.842. The Labute approximate surface area is 69.1 Å². The van der Waals surface area contributed by atoms with E-state index in [1.807, 2.05) is 0 Å². The summed E-state index contributed by atoms with van der Waals surface area (Å²) in [4.78, 5) is 11.1. The molecule has 2 rings (SSSR count). The number of amides is 2. The van der Waals surface area contributed by atoms with Crippen molar-refractivity contribution in [2.75, 3.05) is 5.32 Å². The second-order valence-corrected chi connectivity index (χ2v) is 2.76. The van der Waals surface area contributed by atoms with Crippen molar-refractivity contribution in [3.63, 3.8) is 0 Å². The van der Waals surface area contributed by atoms with E-state index in [0.29, 0.717) is 11.9 Å². The lowest BCUT2D eigenvalue weighted by atomic mass is 10.6. The van der Waals surface area contributed by atoms with Gasteiger partial charge < -0.3 is 9.84 Å². The van der Waals surface area contributed by atoms with Gasteiger partial charge in [0, 0.05) is 12.1 Å². The summed E-state index contributed by atoms with van der Waals surface area (Å²) in [6.45, 7) is 0. The van der Waals surface area contributed by atoms with Crippen molar-refractivity contribution in [1.29, 1.82) is 0 Å². The van der Waals surface area contributed by atoms with Crippen molar-refractivity contribution in [2.24, 2.45) is 0 Å². The fourth-order valence-electron chi connectivity index (χ4n) is 0.842. The van der Waals surface area contributed by atoms with E-state index in [9.17, 15) is 4.79 Å². The number of nitrogens with zero attached hydrogens (tertiary/aromatic N) is 1. The van der Waals surface area contributed by atoms with Gasteiger partial charge in [-0.15, -0.1) is 0 Å². The highest BCUT2D eigenvalue weighted by atomic mass is 16.5. The molecule has 64 valence electrons. The number of nitrogens with one attached hydrogen (secondary N) is 2. The second kappa shape index (κ2) is 2.84. The van der Waals surface area contributed by atoms with Gasteiger partial charge in [0.15, 0.2) is 5.82 Å². The van der Waals surface area contributed by atoms with Gasteiger partial charge in [0.25, 0.3) is 0 Å². The predicted molar refractivity (Wildman–Crippen MR) is 41.7 cm³/mol. The summed E-state index contributed by atoms with van der Waals surface area (Å²) in [7, 11) is 0. The highest BCUT2D eigenvalue weighted by Crippen LogP contribution is 2.18. The van der Waals surface area contributed by atoms with Gasteiger partial charge in [-0.1, -0.05) is 5.16 Å². The molecular weight excluding hydrogens is 158 g/mol. The van der Waals surface area contributed by atoms with Crippen molar-refractivity contribution in [1.82, 2.24) is 10.5 Å². The molecule has 1 aliphatic rings. The zero-order valence-electron chi connectivity index (χ0n) is 6.41. The Bertz CT molecular complexity index is 266. The van der Waals surface area contributed by atoms with E-state index in [0.717, 1.165) is 12.8 Å². The summed E-state index contributed by atoms with van der Waals surface area (Å²) in [6.07, 6.45) is 3.56. The maximum absolute atomic E-state index is 11.1. The number of rotatable bonds is 2. The number of aromatic nitrogens is 1. The Morgan fingerprint density at radius 3 is 3.08 bits per heavy atom. The quantitative estimate of drug-likeness (QED) is 0.689. The van der Waals surface area contributed by atoms with Crippen LogP contribution in [0.2, 0.25) is 0 Å². The Kier molecular flexibility index (Phi) is 1.69. The van der Waals surface area contributed by atoms with E-state index in [4.69, 9.17) is 0 Å². The van der Waals surface area contributed by atoms with Gasteiger partial charge in [-0.3, -0.25) is 5.32 Å². The topological polar surface area (TPSA) is 67.2 Å². The summed E-state index contributed by atoms with van der Waals surface area (Å²) in [6, 6.07) is 1.73. The number of hydrogen-bond donors (Lipinski definition) is 2. The van der Waals surface area contributed by atoms with Gasteiger partial charge in [0.05, 0.1) is 0 Å². The highest BCUT2D eigenvalue weighted by Gasteiger charge is 2.23. The van der Waals surface area contributed by atoms with Crippen LogP contribution in [-0.4, -0.2) is 17.2 Å². The normalized spacial score (nSPS) is 15.7. The number of carbonyl (C=O) groups is 1. The SMILES string of the molecule is O=C(Nc1ccon1)NC1CC1. The largest absolute Gasteiger partial charge is 0.363 e. The minimum absolute atomic E-state index is 0.216. The summed E-state index contributed by atoms with van der Waals surface area (Å²) in [5, 5.41) is 8.84. The highest BCUT2D eigenvalue weighted by molar-refractivity contribution is 5.88. The van der Waals surface area contributed by atoms with E-state index in [-0.39, 0.29) is 6.03 Å². The van der Waals surface area contributed by atoms with Crippen LogP contribution in [0.1, 0.15) is 12.8 Å². The Balaban J connectivity index is 1.82. The third-order valence-corrected chi connectivity index (χ3v) is 1.59. The molecule has 0 aromatic carbocycles. The smallest absolute Gasteiger partial charge is 0.320 e. The molecule has 1 aromatic rings.